The van der Waals surface area contributed by atoms with Crippen LogP contribution in [0.4, 0.5) is 0 Å². The van der Waals surface area contributed by atoms with Gasteiger partial charge < -0.3 is 18.9 Å². The van der Waals surface area contributed by atoms with Crippen LogP contribution in [0.1, 0.15) is 66.2 Å². The second-order valence-corrected chi connectivity index (χ2v) is 6.36. The predicted molar refractivity (Wildman–Crippen MR) is 89.6 cm³/mol. The molecule has 0 aromatic heterocycles. The van der Waals surface area contributed by atoms with Crippen LogP contribution in [-0.4, -0.2) is 49.6 Å². The van der Waals surface area contributed by atoms with Gasteiger partial charge in [-0.25, -0.2) is 0 Å². The number of esters is 2. The average molecular weight is 344 g/mol. The van der Waals surface area contributed by atoms with Gasteiger partial charge in [-0.05, 0) is 13.3 Å². The van der Waals surface area contributed by atoms with E-state index in [0.717, 1.165) is 12.8 Å². The number of carbonyl (C=O) groups excluding carboxylic acids is 2. The Morgan fingerprint density at radius 1 is 0.958 bits per heavy atom. The summed E-state index contributed by atoms with van der Waals surface area (Å²) in [6.45, 7) is 7.45. The van der Waals surface area contributed by atoms with Crippen LogP contribution in [0.15, 0.2) is 0 Å². The molecule has 4 atom stereocenters. The molecule has 1 heterocycles. The first kappa shape index (κ1) is 20.9. The van der Waals surface area contributed by atoms with Crippen molar-refractivity contribution in [2.24, 2.45) is 0 Å². The van der Waals surface area contributed by atoms with Crippen molar-refractivity contribution in [3.8, 4) is 0 Å². The minimum Gasteiger partial charge on any atom is -0.463 e. The third kappa shape index (κ3) is 7.62. The molecule has 1 fully saturated rings. The number of hydrogen-bond acceptors (Lipinski definition) is 6. The second kappa shape index (κ2) is 11.4. The van der Waals surface area contributed by atoms with Gasteiger partial charge in [0.2, 0.25) is 0 Å². The Hall–Kier alpha value is -1.14. The molecule has 1 saturated heterocycles. The lowest BCUT2D eigenvalue weighted by Gasteiger charge is -2.23. The van der Waals surface area contributed by atoms with E-state index < -0.39 is 18.3 Å². The molecule has 0 spiro atoms. The van der Waals surface area contributed by atoms with Crippen LogP contribution in [-0.2, 0) is 28.5 Å². The van der Waals surface area contributed by atoms with Crippen LogP contribution in [0.3, 0.4) is 0 Å². The molecule has 24 heavy (non-hydrogen) atoms. The lowest BCUT2D eigenvalue weighted by molar-refractivity contribution is -0.155. The smallest absolute Gasteiger partial charge is 0.303 e. The molecular formula is C18H32O6. The third-order valence-electron chi connectivity index (χ3n) is 4.10. The first-order chi connectivity index (χ1) is 11.5. The highest BCUT2D eigenvalue weighted by atomic mass is 16.6. The van der Waals surface area contributed by atoms with E-state index in [0.29, 0.717) is 6.61 Å². The molecule has 0 bridgehead atoms. The van der Waals surface area contributed by atoms with Crippen LogP contribution >= 0.6 is 0 Å². The number of hydrogen-bond donors (Lipinski definition) is 0. The minimum absolute atomic E-state index is 0.110. The molecule has 0 saturated carbocycles. The van der Waals surface area contributed by atoms with Crippen molar-refractivity contribution in [2.75, 3.05) is 13.2 Å². The zero-order valence-electron chi connectivity index (χ0n) is 15.4. The quantitative estimate of drug-likeness (QED) is 0.424. The Bertz CT molecular complexity index is 384. The van der Waals surface area contributed by atoms with Crippen LogP contribution in [0.2, 0.25) is 0 Å². The van der Waals surface area contributed by atoms with E-state index in [9.17, 15) is 9.59 Å². The summed E-state index contributed by atoms with van der Waals surface area (Å²) in [6, 6.07) is 0. The summed E-state index contributed by atoms with van der Waals surface area (Å²) in [4.78, 5) is 22.4. The summed E-state index contributed by atoms with van der Waals surface area (Å²) in [6.07, 6.45) is 5.48. The zero-order valence-corrected chi connectivity index (χ0v) is 15.4. The molecule has 0 radical (unpaired) electrons. The van der Waals surface area contributed by atoms with Gasteiger partial charge in [-0.15, -0.1) is 0 Å². The second-order valence-electron chi connectivity index (χ2n) is 6.36. The van der Waals surface area contributed by atoms with Crippen molar-refractivity contribution in [1.29, 1.82) is 0 Å². The maximum absolute atomic E-state index is 11.3. The Morgan fingerprint density at radius 2 is 1.62 bits per heavy atom. The summed E-state index contributed by atoms with van der Waals surface area (Å²) < 4.78 is 22.1. The normalized spacial score (nSPS) is 26.3. The topological polar surface area (TPSA) is 71.1 Å². The van der Waals surface area contributed by atoms with Gasteiger partial charge in [-0.2, -0.15) is 0 Å². The van der Waals surface area contributed by atoms with E-state index in [1.54, 1.807) is 0 Å². The lowest BCUT2D eigenvalue weighted by Crippen LogP contribution is -2.40. The summed E-state index contributed by atoms with van der Waals surface area (Å²) in [5, 5.41) is 0. The van der Waals surface area contributed by atoms with Crippen molar-refractivity contribution < 1.29 is 28.5 Å². The van der Waals surface area contributed by atoms with E-state index in [4.69, 9.17) is 18.9 Å². The van der Waals surface area contributed by atoms with Crippen molar-refractivity contribution in [3.05, 3.63) is 0 Å². The standard InChI is InChI=1S/C18H32O6/c1-5-6-7-8-9-10-11-21-18-16(12-22-14(3)19)23-13(2)17(18)24-15(4)20/h13,16-18H,5-12H2,1-4H3/t13-,16+,17-,18-/m0/s1. The fraction of sp³-hybridized carbons (Fsp3) is 0.889. The van der Waals surface area contributed by atoms with Crippen LogP contribution in [0, 0.1) is 0 Å². The molecular weight excluding hydrogens is 312 g/mol. The number of unbranched alkanes of at least 4 members (excludes halogenated alkanes) is 5. The largest absolute Gasteiger partial charge is 0.463 e. The molecule has 1 rings (SSSR count). The summed E-state index contributed by atoms with van der Waals surface area (Å²) in [5.74, 6) is -0.728. The number of rotatable bonds is 11. The SMILES string of the molecule is CCCCCCCCO[C@@H]1[C@@H](OC(C)=O)[C@H](C)O[C@@H]1COC(C)=O. The maximum Gasteiger partial charge on any atom is 0.303 e. The first-order valence-electron chi connectivity index (χ1n) is 9.03. The van der Waals surface area contributed by atoms with Crippen molar-refractivity contribution in [3.63, 3.8) is 0 Å². The molecule has 0 amide bonds. The molecule has 0 unspecified atom stereocenters. The molecule has 1 aliphatic rings. The van der Waals surface area contributed by atoms with E-state index in [-0.39, 0.29) is 24.6 Å². The Morgan fingerprint density at radius 3 is 2.25 bits per heavy atom. The molecule has 0 N–H and O–H groups in total. The van der Waals surface area contributed by atoms with E-state index in [1.807, 2.05) is 6.92 Å². The van der Waals surface area contributed by atoms with Crippen molar-refractivity contribution >= 4 is 11.9 Å². The van der Waals surface area contributed by atoms with Gasteiger partial charge in [-0.1, -0.05) is 39.0 Å². The monoisotopic (exact) mass is 344 g/mol. The van der Waals surface area contributed by atoms with Crippen LogP contribution in [0.25, 0.3) is 0 Å². The highest BCUT2D eigenvalue weighted by Crippen LogP contribution is 2.27. The van der Waals surface area contributed by atoms with E-state index >= 15 is 0 Å². The molecule has 0 aromatic carbocycles. The van der Waals surface area contributed by atoms with Gasteiger partial charge in [0.05, 0.1) is 6.10 Å². The predicted octanol–water partition coefficient (Wildman–Crippen LogP) is 3.01. The van der Waals surface area contributed by atoms with Gasteiger partial charge in [0.25, 0.3) is 0 Å². The van der Waals surface area contributed by atoms with E-state index in [1.165, 1.54) is 39.5 Å². The van der Waals surface area contributed by atoms with Gasteiger partial charge in [0.15, 0.2) is 6.10 Å². The van der Waals surface area contributed by atoms with Crippen molar-refractivity contribution in [1.82, 2.24) is 0 Å². The summed E-state index contributed by atoms with van der Waals surface area (Å²) >= 11 is 0. The molecule has 0 aliphatic carbocycles. The lowest BCUT2D eigenvalue weighted by atomic mass is 10.1. The summed E-state index contributed by atoms with van der Waals surface area (Å²) in [7, 11) is 0. The minimum atomic E-state index is -0.469. The van der Waals surface area contributed by atoms with Gasteiger partial charge in [0.1, 0.15) is 18.8 Å². The Kier molecular flexibility index (Phi) is 9.95. The molecule has 6 heteroatoms. The van der Waals surface area contributed by atoms with Gasteiger partial charge in [-0.3, -0.25) is 9.59 Å². The van der Waals surface area contributed by atoms with Crippen molar-refractivity contribution in [2.45, 2.75) is 90.6 Å². The molecule has 0 aromatic rings. The number of carbonyl (C=O) groups is 2. The molecule has 140 valence electrons. The third-order valence-corrected chi connectivity index (χ3v) is 4.10. The van der Waals surface area contributed by atoms with Gasteiger partial charge >= 0.3 is 11.9 Å². The first-order valence-corrected chi connectivity index (χ1v) is 9.03. The van der Waals surface area contributed by atoms with E-state index in [2.05, 4.69) is 6.92 Å². The zero-order chi connectivity index (χ0) is 17.9. The average Bonchev–Trinajstić information content (AvgIpc) is 2.80. The maximum atomic E-state index is 11.3. The Labute approximate surface area is 145 Å². The summed E-state index contributed by atoms with van der Waals surface area (Å²) in [5.41, 5.74) is 0. The number of ether oxygens (including phenoxy) is 4. The van der Waals surface area contributed by atoms with Gasteiger partial charge in [0, 0.05) is 20.5 Å². The molecule has 6 nitrogen and oxygen atoms in total. The fourth-order valence-electron chi connectivity index (χ4n) is 2.90. The molecule has 1 aliphatic heterocycles. The van der Waals surface area contributed by atoms with Crippen LogP contribution in [0.5, 0.6) is 0 Å². The highest BCUT2D eigenvalue weighted by molar-refractivity contribution is 5.66. The van der Waals surface area contributed by atoms with Crippen LogP contribution < -0.4 is 0 Å². The fourth-order valence-corrected chi connectivity index (χ4v) is 2.90. The Balaban J connectivity index is 2.46. The highest BCUT2D eigenvalue weighted by Gasteiger charge is 2.45.